The summed E-state index contributed by atoms with van der Waals surface area (Å²) in [7, 11) is 1.61. The summed E-state index contributed by atoms with van der Waals surface area (Å²) in [5, 5.41) is 8.55. The second kappa shape index (κ2) is 7.60. The van der Waals surface area contributed by atoms with Crippen LogP contribution in [-0.4, -0.2) is 44.0 Å². The van der Waals surface area contributed by atoms with Gasteiger partial charge in [0, 0.05) is 26.6 Å². The maximum Gasteiger partial charge on any atom is 0.211 e. The molecule has 0 aliphatic carbocycles. The molecule has 0 saturated carbocycles. The van der Waals surface area contributed by atoms with E-state index in [1.165, 1.54) is 6.26 Å². The van der Waals surface area contributed by atoms with Gasteiger partial charge in [-0.2, -0.15) is 5.26 Å². The normalized spacial score (nSPS) is 10.4. The minimum absolute atomic E-state index is 0.0796. The Morgan fingerprint density at radius 1 is 1.59 bits per heavy atom. The fourth-order valence-electron chi connectivity index (χ4n) is 1.42. The highest BCUT2D eigenvalue weighted by Gasteiger charge is 2.14. The van der Waals surface area contributed by atoms with Gasteiger partial charge in [0.25, 0.3) is 0 Å². The summed E-state index contributed by atoms with van der Waals surface area (Å²) < 4.78 is 10.00. The van der Waals surface area contributed by atoms with Crippen molar-refractivity contribution in [2.24, 2.45) is 0 Å². The predicted octanol–water partition coefficient (Wildman–Crippen LogP) is 1.32. The maximum absolute atomic E-state index is 11.8. The van der Waals surface area contributed by atoms with Gasteiger partial charge in [0.2, 0.25) is 5.78 Å². The highest BCUT2D eigenvalue weighted by atomic mass is 16.5. The molecule has 0 bridgehead atoms. The van der Waals surface area contributed by atoms with Crippen LogP contribution < -0.4 is 0 Å². The lowest BCUT2D eigenvalue weighted by Crippen LogP contribution is -2.33. The zero-order valence-corrected chi connectivity index (χ0v) is 9.89. The van der Waals surface area contributed by atoms with Crippen molar-refractivity contribution in [3.8, 4) is 6.07 Å². The van der Waals surface area contributed by atoms with Crippen molar-refractivity contribution in [3.05, 3.63) is 24.2 Å². The van der Waals surface area contributed by atoms with Gasteiger partial charge in [-0.15, -0.1) is 0 Å². The van der Waals surface area contributed by atoms with Crippen LogP contribution in [0.2, 0.25) is 0 Å². The third-order valence-electron chi connectivity index (χ3n) is 2.31. The van der Waals surface area contributed by atoms with Crippen LogP contribution in [0.25, 0.3) is 0 Å². The van der Waals surface area contributed by atoms with E-state index in [0.29, 0.717) is 31.9 Å². The van der Waals surface area contributed by atoms with Gasteiger partial charge in [-0.25, -0.2) is 0 Å². The van der Waals surface area contributed by atoms with E-state index in [1.54, 1.807) is 19.2 Å². The first-order valence-electron chi connectivity index (χ1n) is 5.43. The molecule has 0 aromatic carbocycles. The van der Waals surface area contributed by atoms with Gasteiger partial charge in [0.05, 0.1) is 25.5 Å². The lowest BCUT2D eigenvalue weighted by Gasteiger charge is -2.18. The molecule has 0 aliphatic heterocycles. The molecule has 1 aromatic heterocycles. The summed E-state index contributed by atoms with van der Waals surface area (Å²) in [6.45, 7) is 1.98. The number of nitriles is 1. The molecule has 0 aliphatic rings. The quantitative estimate of drug-likeness (QED) is 0.637. The van der Waals surface area contributed by atoms with Crippen LogP contribution in [-0.2, 0) is 4.74 Å². The van der Waals surface area contributed by atoms with Crippen molar-refractivity contribution in [2.45, 2.75) is 6.42 Å². The third kappa shape index (κ3) is 4.81. The van der Waals surface area contributed by atoms with Crippen LogP contribution in [0.15, 0.2) is 22.8 Å². The van der Waals surface area contributed by atoms with Crippen molar-refractivity contribution >= 4 is 5.78 Å². The lowest BCUT2D eigenvalue weighted by atomic mass is 10.2. The Labute approximate surface area is 101 Å². The van der Waals surface area contributed by atoms with Crippen molar-refractivity contribution in [1.82, 2.24) is 4.90 Å². The average Bonchev–Trinajstić information content (AvgIpc) is 2.86. The molecule has 5 nitrogen and oxygen atoms in total. The summed E-state index contributed by atoms with van der Waals surface area (Å²) >= 11 is 0. The van der Waals surface area contributed by atoms with Gasteiger partial charge in [0.15, 0.2) is 5.76 Å². The number of furan rings is 1. The molecule has 1 aromatic rings. The smallest absolute Gasteiger partial charge is 0.211 e. The van der Waals surface area contributed by atoms with E-state index in [4.69, 9.17) is 14.4 Å². The zero-order chi connectivity index (χ0) is 12.5. The minimum atomic E-state index is -0.0796. The topological polar surface area (TPSA) is 66.5 Å². The van der Waals surface area contributed by atoms with Crippen LogP contribution in [0, 0.1) is 11.3 Å². The van der Waals surface area contributed by atoms with E-state index in [-0.39, 0.29) is 12.3 Å². The van der Waals surface area contributed by atoms with Gasteiger partial charge in [-0.3, -0.25) is 9.69 Å². The molecule has 1 heterocycles. The Balaban J connectivity index is 2.47. The van der Waals surface area contributed by atoms with E-state index in [0.717, 1.165) is 0 Å². The van der Waals surface area contributed by atoms with Crippen LogP contribution >= 0.6 is 0 Å². The predicted molar refractivity (Wildman–Crippen MR) is 61.6 cm³/mol. The average molecular weight is 236 g/mol. The second-order valence-electron chi connectivity index (χ2n) is 3.58. The van der Waals surface area contributed by atoms with Crippen LogP contribution in [0.3, 0.4) is 0 Å². The van der Waals surface area contributed by atoms with Crippen molar-refractivity contribution in [2.75, 3.05) is 33.4 Å². The summed E-state index contributed by atoms with van der Waals surface area (Å²) in [6.07, 6.45) is 1.87. The Hall–Kier alpha value is -1.64. The largest absolute Gasteiger partial charge is 0.461 e. The summed E-state index contributed by atoms with van der Waals surface area (Å²) in [5.41, 5.74) is 0. The second-order valence-corrected chi connectivity index (χ2v) is 3.58. The molecule has 0 N–H and O–H groups in total. The third-order valence-corrected chi connectivity index (χ3v) is 2.31. The molecule has 0 spiro atoms. The number of hydrogen-bond acceptors (Lipinski definition) is 5. The molecular formula is C12H16N2O3. The molecule has 0 atom stereocenters. The highest BCUT2D eigenvalue weighted by Crippen LogP contribution is 2.03. The fourth-order valence-corrected chi connectivity index (χ4v) is 1.42. The lowest BCUT2D eigenvalue weighted by molar-refractivity contribution is 0.0872. The van der Waals surface area contributed by atoms with Gasteiger partial charge in [-0.1, -0.05) is 0 Å². The molecule has 0 saturated heterocycles. The SMILES string of the molecule is COCCN(CCC#N)CC(=O)c1ccco1. The van der Waals surface area contributed by atoms with E-state index < -0.39 is 0 Å². The molecule has 5 heteroatoms. The van der Waals surface area contributed by atoms with Crippen molar-refractivity contribution in [3.63, 3.8) is 0 Å². The van der Waals surface area contributed by atoms with E-state index in [1.807, 2.05) is 4.90 Å². The molecule has 0 radical (unpaired) electrons. The van der Waals surface area contributed by atoms with Crippen LogP contribution in [0.4, 0.5) is 0 Å². The van der Waals surface area contributed by atoms with Crippen LogP contribution in [0.1, 0.15) is 17.0 Å². The molecule has 0 fully saturated rings. The number of rotatable bonds is 8. The molecule has 17 heavy (non-hydrogen) atoms. The molecule has 92 valence electrons. The first-order chi connectivity index (χ1) is 8.27. The van der Waals surface area contributed by atoms with Crippen molar-refractivity contribution in [1.29, 1.82) is 5.26 Å². The van der Waals surface area contributed by atoms with Gasteiger partial charge in [0.1, 0.15) is 0 Å². The molecular weight excluding hydrogens is 220 g/mol. The minimum Gasteiger partial charge on any atom is -0.461 e. The Morgan fingerprint density at radius 2 is 2.41 bits per heavy atom. The highest BCUT2D eigenvalue weighted by molar-refractivity contribution is 5.94. The summed E-state index contributed by atoms with van der Waals surface area (Å²) in [4.78, 5) is 13.7. The zero-order valence-electron chi connectivity index (χ0n) is 9.89. The first kappa shape index (κ1) is 13.4. The number of nitrogens with zero attached hydrogens (tertiary/aromatic N) is 2. The summed E-state index contributed by atoms with van der Waals surface area (Å²) in [5.74, 6) is 0.272. The van der Waals surface area contributed by atoms with Crippen molar-refractivity contribution < 1.29 is 13.9 Å². The van der Waals surface area contributed by atoms with Gasteiger partial charge >= 0.3 is 0 Å². The van der Waals surface area contributed by atoms with E-state index in [2.05, 4.69) is 6.07 Å². The number of carbonyl (C=O) groups excluding carboxylic acids is 1. The van der Waals surface area contributed by atoms with Gasteiger partial charge in [-0.05, 0) is 12.1 Å². The summed E-state index contributed by atoms with van der Waals surface area (Å²) in [6, 6.07) is 5.39. The number of ether oxygens (including phenoxy) is 1. The van der Waals surface area contributed by atoms with Crippen LogP contribution in [0.5, 0.6) is 0 Å². The molecule has 0 amide bonds. The number of methoxy groups -OCH3 is 1. The number of hydrogen-bond donors (Lipinski definition) is 0. The molecule has 1 rings (SSSR count). The van der Waals surface area contributed by atoms with E-state index >= 15 is 0 Å². The fraction of sp³-hybridized carbons (Fsp3) is 0.500. The van der Waals surface area contributed by atoms with Gasteiger partial charge < -0.3 is 9.15 Å². The number of ketones is 1. The molecule has 0 unspecified atom stereocenters. The Bertz CT molecular complexity index is 368. The monoisotopic (exact) mass is 236 g/mol. The van der Waals surface area contributed by atoms with E-state index in [9.17, 15) is 4.79 Å². The Morgan fingerprint density at radius 3 is 3.00 bits per heavy atom. The maximum atomic E-state index is 11.8. The Kier molecular flexibility index (Phi) is 6.00. The standard InChI is InChI=1S/C12H16N2O3/c1-16-9-7-14(6-3-5-13)10-11(15)12-4-2-8-17-12/h2,4,8H,3,6-7,9-10H2,1H3. The first-order valence-corrected chi connectivity index (χ1v) is 5.43. The number of Topliss-reactive ketones (excluding diaryl/α,β-unsaturated/α-hetero) is 1. The number of carbonyl (C=O) groups is 1.